The SMILES string of the molecule is O=C(Nc1ccc2c(c1)OCCO2)N1CCSCC1C1CC1. The average molecular weight is 320 g/mol. The zero-order valence-electron chi connectivity index (χ0n) is 12.4. The third-order valence-electron chi connectivity index (χ3n) is 4.39. The lowest BCUT2D eigenvalue weighted by Gasteiger charge is -2.35. The summed E-state index contributed by atoms with van der Waals surface area (Å²) in [6, 6.07) is 5.98. The fourth-order valence-electron chi connectivity index (χ4n) is 3.06. The lowest BCUT2D eigenvalue weighted by molar-refractivity contribution is 0.171. The van der Waals surface area contributed by atoms with Crippen LogP contribution in [0.15, 0.2) is 18.2 Å². The number of carbonyl (C=O) groups excluding carboxylic acids is 1. The summed E-state index contributed by atoms with van der Waals surface area (Å²) in [5, 5.41) is 3.02. The Morgan fingerprint density at radius 2 is 2.05 bits per heavy atom. The van der Waals surface area contributed by atoms with Crippen molar-refractivity contribution >= 4 is 23.5 Å². The van der Waals surface area contributed by atoms with Gasteiger partial charge in [0.25, 0.3) is 0 Å². The zero-order chi connectivity index (χ0) is 14.9. The molecule has 2 heterocycles. The number of urea groups is 1. The van der Waals surface area contributed by atoms with Crippen molar-refractivity contribution in [2.45, 2.75) is 18.9 Å². The van der Waals surface area contributed by atoms with E-state index in [1.54, 1.807) is 0 Å². The van der Waals surface area contributed by atoms with E-state index in [0.29, 0.717) is 30.9 Å². The summed E-state index contributed by atoms with van der Waals surface area (Å²) in [7, 11) is 0. The minimum absolute atomic E-state index is 0.00822. The van der Waals surface area contributed by atoms with Crippen LogP contribution in [0.1, 0.15) is 12.8 Å². The van der Waals surface area contributed by atoms with Crippen LogP contribution in [-0.4, -0.2) is 48.2 Å². The number of hydrogen-bond acceptors (Lipinski definition) is 4. The molecule has 1 aliphatic carbocycles. The first-order valence-corrected chi connectivity index (χ1v) is 9.02. The third kappa shape index (κ3) is 2.84. The highest BCUT2D eigenvalue weighted by molar-refractivity contribution is 7.99. The number of hydrogen-bond donors (Lipinski definition) is 1. The Morgan fingerprint density at radius 3 is 2.86 bits per heavy atom. The van der Waals surface area contributed by atoms with E-state index in [1.165, 1.54) is 12.8 Å². The highest BCUT2D eigenvalue weighted by atomic mass is 32.2. The molecule has 1 aromatic rings. The third-order valence-corrected chi connectivity index (χ3v) is 5.43. The number of thioether (sulfide) groups is 1. The Balaban J connectivity index is 1.46. The van der Waals surface area contributed by atoms with Gasteiger partial charge < -0.3 is 19.7 Å². The average Bonchev–Trinajstić information content (AvgIpc) is 3.39. The Hall–Kier alpha value is -1.56. The lowest BCUT2D eigenvalue weighted by atomic mass is 10.2. The maximum atomic E-state index is 12.6. The van der Waals surface area contributed by atoms with Gasteiger partial charge in [-0.25, -0.2) is 4.79 Å². The summed E-state index contributed by atoms with van der Waals surface area (Å²) in [6.07, 6.45) is 2.53. The molecule has 2 amide bonds. The van der Waals surface area contributed by atoms with Gasteiger partial charge in [0.1, 0.15) is 13.2 Å². The van der Waals surface area contributed by atoms with Gasteiger partial charge >= 0.3 is 6.03 Å². The molecule has 0 spiro atoms. The summed E-state index contributed by atoms with van der Waals surface area (Å²) in [4.78, 5) is 14.6. The molecule has 1 unspecified atom stereocenters. The number of carbonyl (C=O) groups is 1. The number of ether oxygens (including phenoxy) is 2. The summed E-state index contributed by atoms with van der Waals surface area (Å²) in [5.74, 6) is 4.25. The highest BCUT2D eigenvalue weighted by Gasteiger charge is 2.39. The minimum atomic E-state index is 0.00822. The number of nitrogens with zero attached hydrogens (tertiary/aromatic N) is 1. The molecule has 22 heavy (non-hydrogen) atoms. The van der Waals surface area contributed by atoms with Crippen molar-refractivity contribution in [3.05, 3.63) is 18.2 Å². The molecule has 1 saturated carbocycles. The van der Waals surface area contributed by atoms with Gasteiger partial charge in [0, 0.05) is 35.8 Å². The number of anilines is 1. The van der Waals surface area contributed by atoms with E-state index in [4.69, 9.17) is 9.47 Å². The second-order valence-electron chi connectivity index (χ2n) is 5.96. The molecule has 1 aromatic carbocycles. The number of nitrogens with one attached hydrogen (secondary N) is 1. The van der Waals surface area contributed by atoms with Gasteiger partial charge in [-0.1, -0.05) is 0 Å². The molecule has 1 atom stereocenters. The van der Waals surface area contributed by atoms with E-state index >= 15 is 0 Å². The van der Waals surface area contributed by atoms with E-state index in [9.17, 15) is 4.79 Å². The van der Waals surface area contributed by atoms with Gasteiger partial charge in [0.2, 0.25) is 0 Å². The van der Waals surface area contributed by atoms with Crippen LogP contribution in [0.5, 0.6) is 11.5 Å². The first-order chi connectivity index (χ1) is 10.8. The second-order valence-corrected chi connectivity index (χ2v) is 7.11. The van der Waals surface area contributed by atoms with Crippen LogP contribution in [0.4, 0.5) is 10.5 Å². The topological polar surface area (TPSA) is 50.8 Å². The highest BCUT2D eigenvalue weighted by Crippen LogP contribution is 2.39. The number of benzene rings is 1. The molecule has 3 aliphatic rings. The van der Waals surface area contributed by atoms with E-state index < -0.39 is 0 Å². The molecular weight excluding hydrogens is 300 g/mol. The van der Waals surface area contributed by atoms with Gasteiger partial charge in [0.15, 0.2) is 11.5 Å². The zero-order valence-corrected chi connectivity index (χ0v) is 13.2. The molecule has 2 aliphatic heterocycles. The van der Waals surface area contributed by atoms with Crippen molar-refractivity contribution in [2.24, 2.45) is 5.92 Å². The Kier molecular flexibility index (Phi) is 3.78. The molecule has 2 fully saturated rings. The Labute approximate surface area is 134 Å². The fourth-order valence-corrected chi connectivity index (χ4v) is 4.25. The van der Waals surface area contributed by atoms with Crippen molar-refractivity contribution in [3.8, 4) is 11.5 Å². The van der Waals surface area contributed by atoms with Gasteiger partial charge in [-0.15, -0.1) is 0 Å². The summed E-state index contributed by atoms with van der Waals surface area (Å²) in [6.45, 7) is 1.97. The standard InChI is InChI=1S/C16H20N2O3S/c19-16(18-5-8-22-10-13(18)11-1-2-11)17-12-3-4-14-15(9-12)21-7-6-20-14/h3-4,9,11,13H,1-2,5-8,10H2,(H,17,19). The van der Waals surface area contributed by atoms with Crippen LogP contribution >= 0.6 is 11.8 Å². The van der Waals surface area contributed by atoms with Crippen LogP contribution in [0.2, 0.25) is 0 Å². The largest absolute Gasteiger partial charge is 0.486 e. The molecule has 0 radical (unpaired) electrons. The van der Waals surface area contributed by atoms with Crippen LogP contribution in [0.25, 0.3) is 0 Å². The predicted octanol–water partition coefficient (Wildman–Crippen LogP) is 2.82. The first-order valence-electron chi connectivity index (χ1n) is 7.86. The van der Waals surface area contributed by atoms with Gasteiger partial charge in [-0.05, 0) is 30.9 Å². The Morgan fingerprint density at radius 1 is 1.23 bits per heavy atom. The van der Waals surface area contributed by atoms with Gasteiger partial charge in [-0.3, -0.25) is 0 Å². The smallest absolute Gasteiger partial charge is 0.322 e. The van der Waals surface area contributed by atoms with Crippen molar-refractivity contribution in [1.82, 2.24) is 4.90 Å². The van der Waals surface area contributed by atoms with Crippen LogP contribution in [0.3, 0.4) is 0 Å². The molecule has 1 saturated heterocycles. The molecule has 1 N–H and O–H groups in total. The maximum absolute atomic E-state index is 12.6. The molecule has 6 heteroatoms. The number of rotatable bonds is 2. The van der Waals surface area contributed by atoms with Crippen molar-refractivity contribution in [3.63, 3.8) is 0 Å². The summed E-state index contributed by atoms with van der Waals surface area (Å²) >= 11 is 1.96. The Bertz CT molecular complexity index is 577. The van der Waals surface area contributed by atoms with Crippen LogP contribution < -0.4 is 14.8 Å². The van der Waals surface area contributed by atoms with E-state index in [-0.39, 0.29) is 6.03 Å². The van der Waals surface area contributed by atoms with E-state index in [1.807, 2.05) is 34.9 Å². The molecular formula is C16H20N2O3S. The first kappa shape index (κ1) is 14.1. The van der Waals surface area contributed by atoms with Crippen molar-refractivity contribution in [2.75, 3.05) is 36.6 Å². The monoisotopic (exact) mass is 320 g/mol. The molecule has 4 rings (SSSR count). The number of amides is 2. The molecule has 0 bridgehead atoms. The van der Waals surface area contributed by atoms with Crippen LogP contribution in [0, 0.1) is 5.92 Å². The van der Waals surface area contributed by atoms with Crippen molar-refractivity contribution in [1.29, 1.82) is 0 Å². The minimum Gasteiger partial charge on any atom is -0.486 e. The van der Waals surface area contributed by atoms with E-state index in [0.717, 1.165) is 29.5 Å². The van der Waals surface area contributed by atoms with Gasteiger partial charge in [0.05, 0.1) is 0 Å². The summed E-state index contributed by atoms with van der Waals surface area (Å²) < 4.78 is 11.1. The van der Waals surface area contributed by atoms with E-state index in [2.05, 4.69) is 5.32 Å². The fraction of sp³-hybridized carbons (Fsp3) is 0.562. The quantitative estimate of drug-likeness (QED) is 0.910. The van der Waals surface area contributed by atoms with Crippen molar-refractivity contribution < 1.29 is 14.3 Å². The number of fused-ring (bicyclic) bond motifs is 1. The molecule has 0 aromatic heterocycles. The second kappa shape index (κ2) is 5.91. The van der Waals surface area contributed by atoms with Crippen LogP contribution in [-0.2, 0) is 0 Å². The molecule has 118 valence electrons. The maximum Gasteiger partial charge on any atom is 0.322 e. The van der Waals surface area contributed by atoms with Gasteiger partial charge in [-0.2, -0.15) is 11.8 Å². The normalized spacial score (nSPS) is 24.0. The predicted molar refractivity (Wildman–Crippen MR) is 87.0 cm³/mol. The lowest BCUT2D eigenvalue weighted by Crippen LogP contribution is -2.49. The summed E-state index contributed by atoms with van der Waals surface area (Å²) in [5.41, 5.74) is 0.766. The molecule has 5 nitrogen and oxygen atoms in total.